The van der Waals surface area contributed by atoms with E-state index in [1.54, 1.807) is 0 Å². The number of halogens is 3. The number of amides is 2. The first-order chi connectivity index (χ1) is 11.1. The number of alkyl carbamates (subject to hydrolysis) is 1. The quantitative estimate of drug-likeness (QED) is 0.670. The van der Waals surface area contributed by atoms with Crippen molar-refractivity contribution in [2.45, 2.75) is 19.2 Å². The molecular formula is C15H14F3NO5. The van der Waals surface area contributed by atoms with Crippen molar-refractivity contribution >= 4 is 24.0 Å². The lowest BCUT2D eigenvalue weighted by atomic mass is 10.1. The molecule has 24 heavy (non-hydrogen) atoms. The zero-order valence-corrected chi connectivity index (χ0v) is 12.7. The molecule has 1 aromatic carbocycles. The molecule has 6 nitrogen and oxygen atoms in total. The Morgan fingerprint density at radius 2 is 1.75 bits per heavy atom. The molecule has 0 unspecified atom stereocenters. The van der Waals surface area contributed by atoms with E-state index in [-0.39, 0.29) is 0 Å². The fourth-order valence-electron chi connectivity index (χ4n) is 1.47. The topological polar surface area (TPSA) is 81.7 Å². The molecule has 0 radical (unpaired) electrons. The van der Waals surface area contributed by atoms with Crippen molar-refractivity contribution in [2.24, 2.45) is 0 Å². The number of carbonyl (C=O) groups is 3. The van der Waals surface area contributed by atoms with Crippen LogP contribution in [0.15, 0.2) is 30.3 Å². The van der Waals surface area contributed by atoms with Gasteiger partial charge in [0.25, 0.3) is 5.91 Å². The van der Waals surface area contributed by atoms with Gasteiger partial charge in [-0.2, -0.15) is 13.2 Å². The van der Waals surface area contributed by atoms with E-state index in [1.807, 2.05) is 5.32 Å². The summed E-state index contributed by atoms with van der Waals surface area (Å²) in [6.07, 6.45) is -4.52. The first-order valence-electron chi connectivity index (χ1n) is 6.58. The molecule has 0 fully saturated rings. The second-order valence-corrected chi connectivity index (χ2v) is 4.51. The molecule has 0 saturated heterocycles. The van der Waals surface area contributed by atoms with Gasteiger partial charge in [0.15, 0.2) is 6.10 Å². The fraction of sp³-hybridized carbons (Fsp3) is 0.267. The summed E-state index contributed by atoms with van der Waals surface area (Å²) in [5.74, 6) is -1.78. The lowest BCUT2D eigenvalue weighted by Crippen LogP contribution is -2.39. The molecule has 0 aliphatic carbocycles. The summed E-state index contributed by atoms with van der Waals surface area (Å²) < 4.78 is 46.2. The lowest BCUT2D eigenvalue weighted by Gasteiger charge is -2.10. The van der Waals surface area contributed by atoms with Gasteiger partial charge in [0.05, 0.1) is 12.7 Å². The first-order valence-corrected chi connectivity index (χ1v) is 6.58. The van der Waals surface area contributed by atoms with E-state index < -0.39 is 35.8 Å². The zero-order chi connectivity index (χ0) is 18.3. The van der Waals surface area contributed by atoms with Gasteiger partial charge in [-0.1, -0.05) is 12.1 Å². The van der Waals surface area contributed by atoms with Gasteiger partial charge < -0.3 is 9.47 Å². The van der Waals surface area contributed by atoms with Crippen LogP contribution in [0, 0.1) is 0 Å². The second kappa shape index (κ2) is 8.14. The van der Waals surface area contributed by atoms with Crippen LogP contribution >= 0.6 is 0 Å². The monoisotopic (exact) mass is 345 g/mol. The van der Waals surface area contributed by atoms with Gasteiger partial charge >= 0.3 is 18.2 Å². The van der Waals surface area contributed by atoms with Gasteiger partial charge in [-0.15, -0.1) is 0 Å². The Kier molecular flexibility index (Phi) is 6.51. The molecule has 9 heteroatoms. The van der Waals surface area contributed by atoms with Crippen molar-refractivity contribution in [2.75, 3.05) is 7.11 Å². The molecule has 0 aliphatic rings. The van der Waals surface area contributed by atoms with E-state index in [0.29, 0.717) is 5.56 Å². The first kappa shape index (κ1) is 19.2. The van der Waals surface area contributed by atoms with Crippen LogP contribution in [0.1, 0.15) is 18.1 Å². The molecule has 0 aliphatic heterocycles. The molecule has 0 bridgehead atoms. The van der Waals surface area contributed by atoms with Gasteiger partial charge in [-0.05, 0) is 30.7 Å². The SMILES string of the molecule is COC(=O)NC(=O)[C@H](C)OC(=O)/C=C/c1ccc(C(F)(F)F)cc1. The van der Waals surface area contributed by atoms with Crippen LogP contribution in [0.3, 0.4) is 0 Å². The molecule has 0 aromatic heterocycles. The molecule has 130 valence electrons. The second-order valence-electron chi connectivity index (χ2n) is 4.51. The van der Waals surface area contributed by atoms with Gasteiger partial charge in [0.2, 0.25) is 0 Å². The van der Waals surface area contributed by atoms with Gasteiger partial charge in [-0.3, -0.25) is 10.1 Å². The highest BCUT2D eigenvalue weighted by Crippen LogP contribution is 2.29. The van der Waals surface area contributed by atoms with Crippen molar-refractivity contribution in [1.82, 2.24) is 5.32 Å². The number of alkyl halides is 3. The summed E-state index contributed by atoms with van der Waals surface area (Å²) in [6, 6.07) is 4.11. The van der Waals surface area contributed by atoms with Gasteiger partial charge in [-0.25, -0.2) is 9.59 Å². The maximum absolute atomic E-state index is 12.4. The standard InChI is InChI=1S/C15H14F3NO5/c1-9(13(21)19-14(22)23-2)24-12(20)8-5-10-3-6-11(7-4-10)15(16,17)18/h3-9H,1-2H3,(H,19,21,22)/b8-5+/t9-/m0/s1. The van der Waals surface area contributed by atoms with E-state index >= 15 is 0 Å². The number of nitrogens with one attached hydrogen (secondary N) is 1. The smallest absolute Gasteiger partial charge is 0.416 e. The minimum atomic E-state index is -4.44. The molecule has 1 atom stereocenters. The van der Waals surface area contributed by atoms with Crippen LogP contribution in [0.4, 0.5) is 18.0 Å². The molecular weight excluding hydrogens is 331 g/mol. The average Bonchev–Trinajstić information content (AvgIpc) is 2.52. The van der Waals surface area contributed by atoms with Crippen molar-refractivity contribution < 1.29 is 37.0 Å². The van der Waals surface area contributed by atoms with Gasteiger partial charge in [0.1, 0.15) is 0 Å². The Morgan fingerprint density at radius 1 is 1.17 bits per heavy atom. The van der Waals surface area contributed by atoms with Crippen LogP contribution in [0.5, 0.6) is 0 Å². The van der Waals surface area contributed by atoms with Crippen molar-refractivity contribution in [1.29, 1.82) is 0 Å². The molecule has 1 aromatic rings. The highest BCUT2D eigenvalue weighted by molar-refractivity contribution is 5.96. The number of rotatable bonds is 4. The third-order valence-electron chi connectivity index (χ3n) is 2.72. The van der Waals surface area contributed by atoms with Crippen LogP contribution in [0.2, 0.25) is 0 Å². The number of imide groups is 1. The maximum atomic E-state index is 12.4. The number of methoxy groups -OCH3 is 1. The number of benzene rings is 1. The Morgan fingerprint density at radius 3 is 2.25 bits per heavy atom. The largest absolute Gasteiger partial charge is 0.453 e. The van der Waals surface area contributed by atoms with Crippen LogP contribution in [-0.4, -0.2) is 31.2 Å². The lowest BCUT2D eigenvalue weighted by molar-refractivity contribution is -0.149. The van der Waals surface area contributed by atoms with Crippen molar-refractivity contribution in [3.63, 3.8) is 0 Å². The number of hydrogen-bond acceptors (Lipinski definition) is 5. The summed E-state index contributed by atoms with van der Waals surface area (Å²) in [6.45, 7) is 1.24. The molecule has 2 amide bonds. The van der Waals surface area contributed by atoms with Crippen LogP contribution in [-0.2, 0) is 25.2 Å². The van der Waals surface area contributed by atoms with E-state index in [0.717, 1.165) is 25.3 Å². The van der Waals surface area contributed by atoms with Crippen molar-refractivity contribution in [3.8, 4) is 0 Å². The van der Waals surface area contributed by atoms with E-state index in [4.69, 9.17) is 4.74 Å². The maximum Gasteiger partial charge on any atom is 0.416 e. The highest BCUT2D eigenvalue weighted by Gasteiger charge is 2.29. The molecule has 1 rings (SSSR count). The number of ether oxygens (including phenoxy) is 2. The predicted molar refractivity (Wildman–Crippen MR) is 76.6 cm³/mol. The summed E-state index contributed by atoms with van der Waals surface area (Å²) in [7, 11) is 1.06. The van der Waals surface area contributed by atoms with Crippen LogP contribution in [0.25, 0.3) is 6.08 Å². The van der Waals surface area contributed by atoms with E-state index in [2.05, 4.69) is 4.74 Å². The van der Waals surface area contributed by atoms with Gasteiger partial charge in [0, 0.05) is 6.08 Å². The normalized spacial score (nSPS) is 12.5. The Bertz CT molecular complexity index is 638. The highest BCUT2D eigenvalue weighted by atomic mass is 19.4. The molecule has 0 heterocycles. The Balaban J connectivity index is 2.59. The summed E-state index contributed by atoms with van der Waals surface area (Å²) in [5.41, 5.74) is -0.470. The zero-order valence-electron chi connectivity index (χ0n) is 12.7. The number of hydrogen-bond donors (Lipinski definition) is 1. The summed E-state index contributed by atoms with van der Waals surface area (Å²) in [4.78, 5) is 33.8. The molecule has 0 spiro atoms. The summed E-state index contributed by atoms with van der Waals surface area (Å²) >= 11 is 0. The third-order valence-corrected chi connectivity index (χ3v) is 2.72. The molecule has 1 N–H and O–H groups in total. The van der Waals surface area contributed by atoms with E-state index in [1.165, 1.54) is 25.1 Å². The summed E-state index contributed by atoms with van der Waals surface area (Å²) in [5, 5.41) is 1.82. The fourth-order valence-corrected chi connectivity index (χ4v) is 1.47. The number of carbonyl (C=O) groups excluding carboxylic acids is 3. The Hall–Kier alpha value is -2.84. The minimum Gasteiger partial charge on any atom is -0.453 e. The number of esters is 1. The molecule has 0 saturated carbocycles. The van der Waals surface area contributed by atoms with Crippen molar-refractivity contribution in [3.05, 3.63) is 41.5 Å². The van der Waals surface area contributed by atoms with Crippen LogP contribution < -0.4 is 5.32 Å². The Labute approximate surface area is 135 Å². The average molecular weight is 345 g/mol. The predicted octanol–water partition coefficient (Wildman–Crippen LogP) is 2.53. The third kappa shape index (κ3) is 6.11. The minimum absolute atomic E-state index is 0.339. The van der Waals surface area contributed by atoms with E-state index in [9.17, 15) is 27.6 Å².